The van der Waals surface area contributed by atoms with Gasteiger partial charge in [0.05, 0.1) is 26.8 Å². The summed E-state index contributed by atoms with van der Waals surface area (Å²) in [6, 6.07) is 5.66. The van der Waals surface area contributed by atoms with Crippen LogP contribution in [0, 0.1) is 0 Å². The number of nitrogens with zero attached hydrogens (tertiary/aromatic N) is 3. The minimum atomic E-state index is -3.89. The minimum Gasteiger partial charge on any atom is -0.395 e. The number of rotatable bonds is 6. The minimum absolute atomic E-state index is 0.00900. The van der Waals surface area contributed by atoms with Gasteiger partial charge >= 0.3 is 6.29 Å². The van der Waals surface area contributed by atoms with Crippen LogP contribution in [0.3, 0.4) is 0 Å². The number of fused-ring (bicyclic) bond motifs is 1. The number of hydrogen-bond acceptors (Lipinski definition) is 7. The van der Waals surface area contributed by atoms with Crippen molar-refractivity contribution < 1.29 is 23.0 Å². The Morgan fingerprint density at radius 3 is 2.69 bits per heavy atom. The van der Waals surface area contributed by atoms with Crippen LogP contribution in [0.4, 0.5) is 14.5 Å². The number of thioether (sulfide) groups is 1. The molecule has 0 fully saturated rings. The van der Waals surface area contributed by atoms with Crippen molar-refractivity contribution in [3.8, 4) is 17.3 Å². The van der Waals surface area contributed by atoms with Crippen LogP contribution in [-0.2, 0) is 0 Å². The third-order valence-corrected chi connectivity index (χ3v) is 7.00. The highest BCUT2D eigenvalue weighted by molar-refractivity contribution is 7.98. The summed E-state index contributed by atoms with van der Waals surface area (Å²) >= 11 is 20.4. The van der Waals surface area contributed by atoms with E-state index in [-0.39, 0.29) is 49.5 Å². The smallest absolute Gasteiger partial charge is 0.395 e. The van der Waals surface area contributed by atoms with Gasteiger partial charge in [0.25, 0.3) is 5.91 Å². The first-order valence-corrected chi connectivity index (χ1v) is 12.8. The number of halogens is 5. The molecule has 0 radical (unpaired) electrons. The molecule has 0 spiro atoms. The zero-order valence-electron chi connectivity index (χ0n) is 18.5. The van der Waals surface area contributed by atoms with E-state index in [9.17, 15) is 13.6 Å². The number of ether oxygens (including phenoxy) is 2. The molecule has 0 aliphatic carbocycles. The Hall–Kier alpha value is -2.73. The molecule has 1 aromatic carbocycles. The predicted octanol–water partition coefficient (Wildman–Crippen LogP) is 5.87. The molecule has 36 heavy (non-hydrogen) atoms. The first kappa shape index (κ1) is 24.9. The van der Waals surface area contributed by atoms with Crippen molar-refractivity contribution in [2.75, 3.05) is 17.3 Å². The van der Waals surface area contributed by atoms with Gasteiger partial charge < -0.3 is 20.1 Å². The van der Waals surface area contributed by atoms with Gasteiger partial charge in [-0.1, -0.05) is 34.8 Å². The molecule has 1 unspecified atom stereocenters. The summed E-state index contributed by atoms with van der Waals surface area (Å²) in [6.07, 6.45) is 1.38. The first-order valence-electron chi connectivity index (χ1n) is 10.3. The van der Waals surface area contributed by atoms with Gasteiger partial charge in [-0.2, -0.15) is 16.9 Å². The molecule has 2 aliphatic heterocycles. The fourth-order valence-electron chi connectivity index (χ4n) is 3.95. The van der Waals surface area contributed by atoms with Crippen molar-refractivity contribution in [3.63, 3.8) is 0 Å². The number of hydrogen-bond donors (Lipinski definition) is 2. The van der Waals surface area contributed by atoms with Crippen molar-refractivity contribution in [1.29, 1.82) is 0 Å². The van der Waals surface area contributed by atoms with E-state index in [0.717, 1.165) is 11.8 Å². The maximum atomic E-state index is 14.0. The van der Waals surface area contributed by atoms with Crippen molar-refractivity contribution in [2.45, 2.75) is 18.8 Å². The fourth-order valence-corrected chi connectivity index (χ4v) is 5.33. The van der Waals surface area contributed by atoms with Crippen LogP contribution in [0.15, 0.2) is 36.5 Å². The Morgan fingerprint density at radius 2 is 2.00 bits per heavy atom. The van der Waals surface area contributed by atoms with Gasteiger partial charge in [0.2, 0.25) is 0 Å². The third kappa shape index (κ3) is 4.45. The summed E-state index contributed by atoms with van der Waals surface area (Å²) in [5, 5.41) is 10.2. The molecular formula is C22H16Cl3F2N5O3S. The highest BCUT2D eigenvalue weighted by Gasteiger charge is 2.47. The Kier molecular flexibility index (Phi) is 6.22. The quantitative estimate of drug-likeness (QED) is 0.381. The monoisotopic (exact) mass is 573 g/mol. The van der Waals surface area contributed by atoms with E-state index in [1.165, 1.54) is 16.9 Å². The van der Waals surface area contributed by atoms with Gasteiger partial charge in [-0.15, -0.1) is 8.78 Å². The third-order valence-electron chi connectivity index (χ3n) is 5.33. The van der Waals surface area contributed by atoms with E-state index in [2.05, 4.69) is 25.5 Å². The number of anilines is 1. The van der Waals surface area contributed by atoms with E-state index >= 15 is 0 Å². The average Bonchev–Trinajstić information content (AvgIpc) is 3.31. The largest absolute Gasteiger partial charge is 0.586 e. The van der Waals surface area contributed by atoms with Gasteiger partial charge in [-0.3, -0.25) is 4.79 Å². The van der Waals surface area contributed by atoms with E-state index in [0.29, 0.717) is 5.70 Å². The van der Waals surface area contributed by atoms with Crippen molar-refractivity contribution >= 4 is 63.9 Å². The summed E-state index contributed by atoms with van der Waals surface area (Å²) in [4.78, 5) is 17.6. The molecule has 1 amide bonds. The summed E-state index contributed by atoms with van der Waals surface area (Å²) in [6.45, 7) is 1.94. The van der Waals surface area contributed by atoms with E-state index in [4.69, 9.17) is 39.5 Å². The zero-order valence-corrected chi connectivity index (χ0v) is 21.6. The number of carbonyl (C=O) groups excluding carboxylic acids is 1. The Bertz CT molecular complexity index is 1430. The van der Waals surface area contributed by atoms with E-state index in [1.807, 2.05) is 19.3 Å². The molecule has 14 heteroatoms. The van der Waals surface area contributed by atoms with Gasteiger partial charge in [-0.25, -0.2) is 9.67 Å². The molecule has 2 aromatic heterocycles. The number of nitrogens with one attached hydrogen (secondary N) is 2. The highest BCUT2D eigenvalue weighted by atomic mass is 35.5. The predicted molar refractivity (Wildman–Crippen MR) is 135 cm³/mol. The lowest BCUT2D eigenvalue weighted by Crippen LogP contribution is -2.49. The molecule has 4 heterocycles. The zero-order chi connectivity index (χ0) is 25.8. The van der Waals surface area contributed by atoms with Crippen LogP contribution in [0.1, 0.15) is 23.0 Å². The Morgan fingerprint density at radius 1 is 1.25 bits per heavy atom. The Labute approximate surface area is 222 Å². The molecular weight excluding hydrogens is 559 g/mol. The van der Waals surface area contributed by atoms with Gasteiger partial charge in [0.1, 0.15) is 5.69 Å². The molecule has 5 rings (SSSR count). The number of pyridine rings is 1. The molecule has 0 saturated carbocycles. The summed E-state index contributed by atoms with van der Waals surface area (Å²) < 4.78 is 38.5. The topological polar surface area (TPSA) is 90.3 Å². The number of carbonyl (C=O) groups is 1. The molecule has 2 aliphatic rings. The maximum Gasteiger partial charge on any atom is 0.586 e. The van der Waals surface area contributed by atoms with Crippen molar-refractivity contribution in [1.82, 2.24) is 20.1 Å². The lowest BCUT2D eigenvalue weighted by molar-refractivity contribution is -0.286. The lowest BCUT2D eigenvalue weighted by Gasteiger charge is -2.39. The van der Waals surface area contributed by atoms with Crippen LogP contribution in [0.5, 0.6) is 11.5 Å². The number of alkyl halides is 2. The second-order valence-electron chi connectivity index (χ2n) is 8.16. The molecule has 188 valence electrons. The van der Waals surface area contributed by atoms with Gasteiger partial charge in [0, 0.05) is 29.8 Å². The molecule has 8 nitrogen and oxygen atoms in total. The van der Waals surface area contributed by atoms with Crippen LogP contribution in [-0.4, -0.2) is 44.5 Å². The standard InChI is InChI=1S/C22H16Cl3F2N5O3S/c1-21(9-36-2)8-12(30-21)16-17(11(24)6-14-18(16)35-22(26,27)34-14)29-20(33)13-7-15(25)31-32(13)19-10(23)4-3-5-28-19/h3-8,30H,9H2,1-2H3,(H,29,33). The summed E-state index contributed by atoms with van der Waals surface area (Å²) in [5.74, 6) is -0.325. The molecule has 1 atom stereocenters. The maximum absolute atomic E-state index is 14.0. The van der Waals surface area contributed by atoms with E-state index in [1.54, 1.807) is 23.9 Å². The summed E-state index contributed by atoms with van der Waals surface area (Å²) in [5.41, 5.74) is 0.182. The van der Waals surface area contributed by atoms with Crippen molar-refractivity contribution in [2.24, 2.45) is 0 Å². The molecule has 3 aromatic rings. The number of amides is 1. The first-order chi connectivity index (χ1) is 17.0. The van der Waals surface area contributed by atoms with Crippen LogP contribution in [0.25, 0.3) is 11.5 Å². The van der Waals surface area contributed by atoms with Crippen LogP contribution >= 0.6 is 46.6 Å². The fraction of sp³-hybridized carbons (Fsp3) is 0.227. The lowest BCUT2D eigenvalue weighted by atomic mass is 9.90. The van der Waals surface area contributed by atoms with Gasteiger partial charge in [0.15, 0.2) is 22.5 Å². The van der Waals surface area contributed by atoms with Gasteiger partial charge in [-0.05, 0) is 31.4 Å². The van der Waals surface area contributed by atoms with Crippen LogP contribution in [0.2, 0.25) is 15.2 Å². The van der Waals surface area contributed by atoms with Crippen molar-refractivity contribution in [3.05, 3.63) is 63.0 Å². The molecule has 0 saturated heterocycles. The second-order valence-corrected chi connectivity index (χ2v) is 10.2. The van der Waals surface area contributed by atoms with Crippen LogP contribution < -0.4 is 20.1 Å². The second kappa shape index (κ2) is 8.98. The summed E-state index contributed by atoms with van der Waals surface area (Å²) in [7, 11) is 0. The SMILES string of the molecule is CSCC1(C)C=C(c2c(NC(=O)c3cc(Cl)nn3-c3ncccc3Cl)c(Cl)cc3c2OC(F)(F)O3)N1. The number of aromatic nitrogens is 3. The normalized spacial score (nSPS) is 19.4. The Balaban J connectivity index is 1.58. The number of benzene rings is 1. The molecule has 0 bridgehead atoms. The molecule has 2 N–H and O–H groups in total. The highest BCUT2D eigenvalue weighted by Crippen LogP contribution is 2.52. The average molecular weight is 575 g/mol. The van der Waals surface area contributed by atoms with E-state index < -0.39 is 17.7 Å².